The minimum atomic E-state index is -3.15. The van der Waals surface area contributed by atoms with Crippen LogP contribution < -0.4 is 20.8 Å². The van der Waals surface area contributed by atoms with Gasteiger partial charge < -0.3 is 14.0 Å². The Balaban J connectivity index is 1.37. The van der Waals surface area contributed by atoms with Crippen LogP contribution in [0.25, 0.3) is 38.6 Å². The Morgan fingerprint density at radius 2 is 1.00 bits per heavy atom. The fourth-order valence-corrected chi connectivity index (χ4v) is 10.4. The lowest BCUT2D eigenvalue weighted by Gasteiger charge is -2.38. The molecule has 1 aliphatic rings. The molecular formula is C43H31N2OP. The van der Waals surface area contributed by atoms with Crippen molar-refractivity contribution in [1.29, 1.82) is 0 Å². The molecule has 1 aromatic heterocycles. The Hall–Kier alpha value is -5.63. The Bertz CT molecular complexity index is 2430. The van der Waals surface area contributed by atoms with E-state index in [-0.39, 0.29) is 0 Å². The summed E-state index contributed by atoms with van der Waals surface area (Å²) in [5, 5.41) is 5.00. The molecule has 0 fully saturated rings. The van der Waals surface area contributed by atoms with Gasteiger partial charge in [0.2, 0.25) is 0 Å². The van der Waals surface area contributed by atoms with Gasteiger partial charge in [-0.25, -0.2) is 0 Å². The number of rotatable bonds is 4. The molecule has 3 nitrogen and oxygen atoms in total. The molecule has 0 unspecified atom stereocenters. The molecule has 9 rings (SSSR count). The van der Waals surface area contributed by atoms with E-state index in [1.54, 1.807) is 0 Å². The molecule has 1 aliphatic heterocycles. The van der Waals surface area contributed by atoms with Gasteiger partial charge in [-0.05, 0) is 78.2 Å². The smallest absolute Gasteiger partial charge is 0.175 e. The lowest BCUT2D eigenvalue weighted by Crippen LogP contribution is -2.36. The van der Waals surface area contributed by atoms with Crippen LogP contribution in [0.15, 0.2) is 170 Å². The van der Waals surface area contributed by atoms with E-state index >= 15 is 4.57 Å². The zero-order valence-corrected chi connectivity index (χ0v) is 26.8. The fourth-order valence-electron chi connectivity index (χ4n) is 7.40. The van der Waals surface area contributed by atoms with Crippen LogP contribution in [0.5, 0.6) is 0 Å². The van der Waals surface area contributed by atoms with Gasteiger partial charge in [0.15, 0.2) is 7.14 Å². The van der Waals surface area contributed by atoms with Crippen LogP contribution in [0.1, 0.15) is 5.56 Å². The number of anilines is 3. The Morgan fingerprint density at radius 3 is 1.64 bits per heavy atom. The average molecular weight is 623 g/mol. The van der Waals surface area contributed by atoms with E-state index in [9.17, 15) is 0 Å². The van der Waals surface area contributed by atoms with E-state index in [1.165, 1.54) is 21.9 Å². The van der Waals surface area contributed by atoms with Gasteiger partial charge in [-0.15, -0.1) is 0 Å². The van der Waals surface area contributed by atoms with Crippen molar-refractivity contribution >= 4 is 61.9 Å². The van der Waals surface area contributed by atoms with E-state index in [4.69, 9.17) is 0 Å². The van der Waals surface area contributed by atoms with Crippen molar-refractivity contribution in [1.82, 2.24) is 4.57 Å². The highest BCUT2D eigenvalue weighted by Crippen LogP contribution is 2.54. The monoisotopic (exact) mass is 622 g/mol. The molecule has 0 spiro atoms. The quantitative estimate of drug-likeness (QED) is 0.183. The van der Waals surface area contributed by atoms with Crippen LogP contribution in [0.3, 0.4) is 0 Å². The highest BCUT2D eigenvalue weighted by molar-refractivity contribution is 7.86. The maximum absolute atomic E-state index is 15.5. The van der Waals surface area contributed by atoms with Crippen molar-refractivity contribution in [3.8, 4) is 16.8 Å². The zero-order chi connectivity index (χ0) is 31.5. The van der Waals surface area contributed by atoms with Crippen molar-refractivity contribution in [3.05, 3.63) is 175 Å². The second-order valence-electron chi connectivity index (χ2n) is 12.2. The molecule has 2 heterocycles. The SMILES string of the molecule is Cc1ccccc1-c1cc(N2c3ccccc3P(=O)(c3ccccc3)c3ccccc32)cc(-n2c3ccccc3c3ccccc32)c1. The third-order valence-electron chi connectivity index (χ3n) is 9.50. The number of aromatic nitrogens is 1. The number of para-hydroxylation sites is 4. The summed E-state index contributed by atoms with van der Waals surface area (Å²) >= 11 is 0. The minimum Gasteiger partial charge on any atom is -0.309 e. The first-order valence-electron chi connectivity index (χ1n) is 16.0. The van der Waals surface area contributed by atoms with E-state index in [2.05, 4.69) is 120 Å². The van der Waals surface area contributed by atoms with Crippen LogP contribution >= 0.6 is 7.14 Å². The van der Waals surface area contributed by atoms with Crippen molar-refractivity contribution < 1.29 is 4.57 Å². The first-order chi connectivity index (χ1) is 23.1. The zero-order valence-electron chi connectivity index (χ0n) is 25.9. The number of fused-ring (bicyclic) bond motifs is 5. The first kappa shape index (κ1) is 27.7. The maximum atomic E-state index is 15.5. The van der Waals surface area contributed by atoms with Gasteiger partial charge in [0, 0.05) is 38.1 Å². The highest BCUT2D eigenvalue weighted by Gasteiger charge is 2.40. The van der Waals surface area contributed by atoms with Gasteiger partial charge >= 0.3 is 0 Å². The molecule has 0 bridgehead atoms. The van der Waals surface area contributed by atoms with Crippen LogP contribution in [0.4, 0.5) is 17.1 Å². The Kier molecular flexibility index (Phi) is 6.31. The highest BCUT2D eigenvalue weighted by atomic mass is 31.2. The standard InChI is InChI=1S/C43H31N2OP/c1-30-15-5-6-18-35(30)31-27-32(44-38-21-9-7-19-36(38)37-20-8-10-22-39(37)44)29-33(28-31)45-40-23-11-13-25-42(40)47(46,34-16-3-2-4-17-34)43-26-14-12-24-41(43)45/h2-29H,1H3. The van der Waals surface area contributed by atoms with Gasteiger partial charge in [-0.2, -0.15) is 0 Å². The molecule has 224 valence electrons. The Labute approximate surface area is 274 Å². The number of hydrogen-bond donors (Lipinski definition) is 0. The van der Waals surface area contributed by atoms with E-state index in [0.29, 0.717) is 0 Å². The van der Waals surface area contributed by atoms with E-state index in [0.717, 1.165) is 55.3 Å². The molecule has 0 N–H and O–H groups in total. The number of nitrogens with zero attached hydrogens (tertiary/aromatic N) is 2. The summed E-state index contributed by atoms with van der Waals surface area (Å²) in [5.41, 5.74) is 9.82. The number of aryl methyl sites for hydroxylation is 1. The third-order valence-corrected chi connectivity index (χ3v) is 12.6. The summed E-state index contributed by atoms with van der Waals surface area (Å²) in [6.45, 7) is 2.17. The summed E-state index contributed by atoms with van der Waals surface area (Å²) in [7, 11) is -3.15. The molecular weight excluding hydrogens is 591 g/mol. The number of benzene rings is 7. The van der Waals surface area contributed by atoms with Gasteiger partial charge in [0.1, 0.15) is 0 Å². The maximum Gasteiger partial charge on any atom is 0.175 e. The topological polar surface area (TPSA) is 25.2 Å². The lowest BCUT2D eigenvalue weighted by molar-refractivity contribution is 0.592. The van der Waals surface area contributed by atoms with Gasteiger partial charge in [0.05, 0.1) is 22.4 Å². The van der Waals surface area contributed by atoms with Crippen LogP contribution in [-0.2, 0) is 4.57 Å². The van der Waals surface area contributed by atoms with Crippen molar-refractivity contribution in [2.75, 3.05) is 4.90 Å². The summed E-state index contributed by atoms with van der Waals surface area (Å²) in [6.07, 6.45) is 0. The van der Waals surface area contributed by atoms with Gasteiger partial charge in [-0.1, -0.05) is 115 Å². The van der Waals surface area contributed by atoms with Crippen LogP contribution in [0.2, 0.25) is 0 Å². The third kappa shape index (κ3) is 4.17. The number of hydrogen-bond acceptors (Lipinski definition) is 2. The Morgan fingerprint density at radius 1 is 0.489 bits per heavy atom. The summed E-state index contributed by atoms with van der Waals surface area (Å²) in [5.74, 6) is 0. The van der Waals surface area contributed by atoms with Gasteiger partial charge in [0.25, 0.3) is 0 Å². The van der Waals surface area contributed by atoms with Crippen molar-refractivity contribution in [3.63, 3.8) is 0 Å². The molecule has 8 aromatic rings. The fraction of sp³-hybridized carbons (Fsp3) is 0.0233. The second kappa shape index (κ2) is 10.7. The van der Waals surface area contributed by atoms with Crippen LogP contribution in [-0.4, -0.2) is 4.57 Å². The predicted octanol–water partition coefficient (Wildman–Crippen LogP) is 10.2. The molecule has 47 heavy (non-hydrogen) atoms. The van der Waals surface area contributed by atoms with Crippen LogP contribution in [0, 0.1) is 6.92 Å². The second-order valence-corrected chi connectivity index (χ2v) is 14.9. The molecule has 0 saturated heterocycles. The van der Waals surface area contributed by atoms with Gasteiger partial charge in [-0.3, -0.25) is 0 Å². The predicted molar refractivity (Wildman–Crippen MR) is 199 cm³/mol. The molecule has 0 atom stereocenters. The molecule has 0 radical (unpaired) electrons. The normalized spacial score (nSPS) is 13.4. The largest absolute Gasteiger partial charge is 0.309 e. The summed E-state index contributed by atoms with van der Waals surface area (Å²) < 4.78 is 17.9. The van der Waals surface area contributed by atoms with E-state index in [1.807, 2.05) is 66.7 Å². The summed E-state index contributed by atoms with van der Waals surface area (Å²) in [6, 6.07) is 59.1. The molecule has 0 amide bonds. The first-order valence-corrected chi connectivity index (χ1v) is 17.7. The average Bonchev–Trinajstić information content (AvgIpc) is 3.47. The van der Waals surface area contributed by atoms with E-state index < -0.39 is 7.14 Å². The minimum absolute atomic E-state index is 0.846. The molecule has 4 heteroatoms. The van der Waals surface area contributed by atoms with Crippen molar-refractivity contribution in [2.24, 2.45) is 0 Å². The molecule has 7 aromatic carbocycles. The molecule has 0 saturated carbocycles. The summed E-state index contributed by atoms with van der Waals surface area (Å²) in [4.78, 5) is 2.31. The lowest BCUT2D eigenvalue weighted by atomic mass is 9.98. The van der Waals surface area contributed by atoms with Crippen molar-refractivity contribution in [2.45, 2.75) is 6.92 Å². The molecule has 0 aliphatic carbocycles.